The lowest BCUT2D eigenvalue weighted by Gasteiger charge is -2.22. The molecular formula is C16H29N. The maximum atomic E-state index is 3.80. The van der Waals surface area contributed by atoms with E-state index in [2.05, 4.69) is 26.1 Å². The third kappa shape index (κ3) is 2.05. The monoisotopic (exact) mass is 235 g/mol. The lowest BCUT2D eigenvalue weighted by molar-refractivity contribution is 0.335. The summed E-state index contributed by atoms with van der Waals surface area (Å²) in [6.45, 7) is 8.16. The molecule has 98 valence electrons. The van der Waals surface area contributed by atoms with Crippen LogP contribution < -0.4 is 5.32 Å². The normalized spacial score (nSPS) is 44.1. The number of fused-ring (bicyclic) bond motifs is 5. The van der Waals surface area contributed by atoms with Crippen LogP contribution in [0.2, 0.25) is 0 Å². The maximum Gasteiger partial charge on any atom is 0.0101 e. The van der Waals surface area contributed by atoms with Crippen LogP contribution in [-0.2, 0) is 0 Å². The van der Waals surface area contributed by atoms with E-state index in [1.165, 1.54) is 12.8 Å². The first kappa shape index (κ1) is 12.0. The van der Waals surface area contributed by atoms with Gasteiger partial charge >= 0.3 is 0 Å². The van der Waals surface area contributed by atoms with Gasteiger partial charge in [-0.2, -0.15) is 0 Å². The Kier molecular flexibility index (Phi) is 3.23. The van der Waals surface area contributed by atoms with E-state index in [1.54, 1.807) is 19.3 Å². The summed E-state index contributed by atoms with van der Waals surface area (Å²) < 4.78 is 0. The van der Waals surface area contributed by atoms with Gasteiger partial charge in [0.05, 0.1) is 0 Å². The van der Waals surface area contributed by atoms with Crippen molar-refractivity contribution in [2.24, 2.45) is 35.5 Å². The third-order valence-electron chi connectivity index (χ3n) is 5.78. The Hall–Kier alpha value is -0.0400. The summed E-state index contributed by atoms with van der Waals surface area (Å²) in [5, 5.41) is 3.80. The molecule has 3 aliphatic carbocycles. The van der Waals surface area contributed by atoms with Crippen LogP contribution in [0.3, 0.4) is 0 Å². The summed E-state index contributed by atoms with van der Waals surface area (Å²) in [7, 11) is 0. The van der Waals surface area contributed by atoms with E-state index in [1.807, 2.05) is 0 Å². The fourth-order valence-corrected chi connectivity index (χ4v) is 5.14. The molecule has 0 aromatic carbocycles. The molecule has 1 nitrogen and oxygen atoms in total. The molecule has 17 heavy (non-hydrogen) atoms. The van der Waals surface area contributed by atoms with Gasteiger partial charge in [0, 0.05) is 6.04 Å². The van der Waals surface area contributed by atoms with Crippen molar-refractivity contribution in [2.75, 3.05) is 6.54 Å². The molecule has 2 bridgehead atoms. The quantitative estimate of drug-likeness (QED) is 0.740. The highest BCUT2D eigenvalue weighted by atomic mass is 14.9. The van der Waals surface area contributed by atoms with E-state index in [4.69, 9.17) is 0 Å². The van der Waals surface area contributed by atoms with E-state index in [0.29, 0.717) is 0 Å². The molecule has 0 aliphatic heterocycles. The maximum absolute atomic E-state index is 3.80. The number of nitrogens with one attached hydrogen (secondary N) is 1. The fraction of sp³-hybridized carbons (Fsp3) is 1.00. The highest BCUT2D eigenvalue weighted by Crippen LogP contribution is 2.70. The smallest absolute Gasteiger partial charge is 0.0101 e. The topological polar surface area (TPSA) is 12.0 Å². The van der Waals surface area contributed by atoms with Gasteiger partial charge in [0.15, 0.2) is 0 Å². The van der Waals surface area contributed by atoms with Crippen molar-refractivity contribution in [1.82, 2.24) is 5.32 Å². The molecule has 0 radical (unpaired) electrons. The van der Waals surface area contributed by atoms with E-state index in [9.17, 15) is 0 Å². The standard InChI is InChI=1S/C16H29N/c1-4-17-13(8-5-10(2)3)16-14-11-6-7-12(9-11)15(14)16/h10-17H,4-9H2,1-3H3. The molecule has 3 fully saturated rings. The summed E-state index contributed by atoms with van der Waals surface area (Å²) in [5.41, 5.74) is 0. The van der Waals surface area contributed by atoms with Gasteiger partial charge in [-0.25, -0.2) is 0 Å². The Balaban J connectivity index is 1.58. The average Bonchev–Trinajstić information content (AvgIpc) is 2.73. The SMILES string of the molecule is CCNC(CCC(C)C)C1C2C3CCC(C3)C21. The molecule has 1 heteroatoms. The zero-order valence-electron chi connectivity index (χ0n) is 11.8. The minimum atomic E-state index is 0.848. The van der Waals surface area contributed by atoms with Gasteiger partial charge < -0.3 is 5.32 Å². The molecule has 0 saturated heterocycles. The van der Waals surface area contributed by atoms with Crippen LogP contribution in [0.1, 0.15) is 52.9 Å². The molecule has 0 spiro atoms. The van der Waals surface area contributed by atoms with Crippen LogP contribution in [-0.4, -0.2) is 12.6 Å². The second-order valence-corrected chi connectivity index (χ2v) is 7.20. The Morgan fingerprint density at radius 2 is 1.71 bits per heavy atom. The summed E-state index contributed by atoms with van der Waals surface area (Å²) in [4.78, 5) is 0. The van der Waals surface area contributed by atoms with Crippen molar-refractivity contribution in [1.29, 1.82) is 0 Å². The molecule has 5 unspecified atom stereocenters. The van der Waals surface area contributed by atoms with Crippen molar-refractivity contribution in [3.63, 3.8) is 0 Å². The fourth-order valence-electron chi connectivity index (χ4n) is 5.14. The largest absolute Gasteiger partial charge is 0.314 e. The van der Waals surface area contributed by atoms with Crippen LogP contribution in [0.25, 0.3) is 0 Å². The van der Waals surface area contributed by atoms with Crippen LogP contribution >= 0.6 is 0 Å². The zero-order valence-corrected chi connectivity index (χ0v) is 11.8. The lowest BCUT2D eigenvalue weighted by Crippen LogP contribution is -2.33. The van der Waals surface area contributed by atoms with Crippen LogP contribution in [0.15, 0.2) is 0 Å². The summed E-state index contributed by atoms with van der Waals surface area (Å²) in [6, 6.07) is 0.848. The van der Waals surface area contributed by atoms with E-state index < -0.39 is 0 Å². The molecular weight excluding hydrogens is 206 g/mol. The Morgan fingerprint density at radius 3 is 2.24 bits per heavy atom. The molecule has 0 heterocycles. The number of rotatable bonds is 6. The van der Waals surface area contributed by atoms with Crippen molar-refractivity contribution < 1.29 is 0 Å². The Bertz CT molecular complexity index is 257. The second kappa shape index (κ2) is 4.57. The molecule has 1 N–H and O–H groups in total. The Labute approximate surface area is 107 Å². The molecule has 3 aliphatic rings. The third-order valence-corrected chi connectivity index (χ3v) is 5.78. The van der Waals surface area contributed by atoms with Crippen molar-refractivity contribution in [3.05, 3.63) is 0 Å². The molecule has 3 saturated carbocycles. The number of hydrogen-bond donors (Lipinski definition) is 1. The van der Waals surface area contributed by atoms with E-state index >= 15 is 0 Å². The van der Waals surface area contributed by atoms with E-state index in [-0.39, 0.29) is 0 Å². The van der Waals surface area contributed by atoms with Gasteiger partial charge in [-0.1, -0.05) is 20.8 Å². The van der Waals surface area contributed by atoms with Gasteiger partial charge in [0.1, 0.15) is 0 Å². The predicted octanol–water partition coefficient (Wildman–Crippen LogP) is 3.69. The van der Waals surface area contributed by atoms with Gasteiger partial charge in [0.2, 0.25) is 0 Å². The Morgan fingerprint density at radius 1 is 1.06 bits per heavy atom. The summed E-state index contributed by atoms with van der Waals surface area (Å²) in [6.07, 6.45) is 7.54. The van der Waals surface area contributed by atoms with Gasteiger partial charge in [-0.15, -0.1) is 0 Å². The first-order valence-electron chi connectivity index (χ1n) is 7.95. The molecule has 3 rings (SSSR count). The van der Waals surface area contributed by atoms with Crippen LogP contribution in [0.4, 0.5) is 0 Å². The van der Waals surface area contributed by atoms with Gasteiger partial charge in [-0.05, 0) is 74.2 Å². The molecule has 5 atom stereocenters. The van der Waals surface area contributed by atoms with E-state index in [0.717, 1.165) is 48.1 Å². The predicted molar refractivity (Wildman–Crippen MR) is 72.8 cm³/mol. The average molecular weight is 235 g/mol. The number of hydrogen-bond acceptors (Lipinski definition) is 1. The zero-order chi connectivity index (χ0) is 12.0. The minimum absolute atomic E-state index is 0.848. The van der Waals surface area contributed by atoms with Gasteiger partial charge in [0.25, 0.3) is 0 Å². The second-order valence-electron chi connectivity index (χ2n) is 7.20. The molecule has 0 aromatic rings. The molecule has 0 amide bonds. The van der Waals surface area contributed by atoms with Crippen molar-refractivity contribution >= 4 is 0 Å². The highest BCUT2D eigenvalue weighted by molar-refractivity contribution is 5.15. The molecule has 0 aromatic heterocycles. The van der Waals surface area contributed by atoms with Crippen molar-refractivity contribution in [3.8, 4) is 0 Å². The van der Waals surface area contributed by atoms with Crippen LogP contribution in [0.5, 0.6) is 0 Å². The van der Waals surface area contributed by atoms with Crippen molar-refractivity contribution in [2.45, 2.75) is 58.9 Å². The summed E-state index contributed by atoms with van der Waals surface area (Å²) >= 11 is 0. The first-order chi connectivity index (χ1) is 8.22. The first-order valence-corrected chi connectivity index (χ1v) is 7.95. The highest BCUT2D eigenvalue weighted by Gasteiger charge is 2.66. The van der Waals surface area contributed by atoms with Gasteiger partial charge in [-0.3, -0.25) is 0 Å². The summed E-state index contributed by atoms with van der Waals surface area (Å²) in [5.74, 6) is 6.49. The lowest BCUT2D eigenvalue weighted by atomic mass is 9.93. The minimum Gasteiger partial charge on any atom is -0.314 e. The van der Waals surface area contributed by atoms with Crippen LogP contribution in [0, 0.1) is 35.5 Å².